The normalized spacial score (nSPS) is 10.8. The predicted octanol–water partition coefficient (Wildman–Crippen LogP) is 4.33. The second kappa shape index (κ2) is 5.87. The average molecular weight is 365 g/mol. The molecule has 6 heteroatoms. The molecule has 0 aliphatic heterocycles. The summed E-state index contributed by atoms with van der Waals surface area (Å²) in [7, 11) is 0. The van der Waals surface area contributed by atoms with Crippen molar-refractivity contribution in [2.24, 2.45) is 0 Å². The van der Waals surface area contributed by atoms with E-state index in [0.29, 0.717) is 23.2 Å². The van der Waals surface area contributed by atoms with Crippen molar-refractivity contribution in [2.45, 2.75) is 6.42 Å². The van der Waals surface area contributed by atoms with Crippen LogP contribution in [0.15, 0.2) is 51.5 Å². The Balaban J connectivity index is 1.82. The van der Waals surface area contributed by atoms with Gasteiger partial charge in [-0.2, -0.15) is 4.98 Å². The zero-order valence-corrected chi connectivity index (χ0v) is 13.2. The van der Waals surface area contributed by atoms with Crippen molar-refractivity contribution in [1.29, 1.82) is 0 Å². The van der Waals surface area contributed by atoms with Gasteiger partial charge in [-0.3, -0.25) is 0 Å². The van der Waals surface area contributed by atoms with Gasteiger partial charge in [-0.25, -0.2) is 0 Å². The molecular weight excluding hydrogens is 354 g/mol. The molecule has 4 nitrogen and oxygen atoms in total. The summed E-state index contributed by atoms with van der Waals surface area (Å²) < 4.78 is 6.08. The van der Waals surface area contributed by atoms with Crippen LogP contribution in [0.25, 0.3) is 11.4 Å². The molecule has 106 valence electrons. The summed E-state index contributed by atoms with van der Waals surface area (Å²) in [6.45, 7) is 0. The number of nitrogens with zero attached hydrogens (tertiary/aromatic N) is 2. The van der Waals surface area contributed by atoms with Gasteiger partial charge in [0.25, 0.3) is 0 Å². The van der Waals surface area contributed by atoms with E-state index in [1.165, 1.54) is 0 Å². The standard InChI is InChI=1S/C15H11BrClN3O/c16-12-8-10(3-6-13(12)17)15-19-14(21-20-15)7-9-1-4-11(18)5-2-9/h1-6,8H,7,18H2. The number of aromatic nitrogens is 2. The first-order valence-electron chi connectivity index (χ1n) is 6.24. The third kappa shape index (κ3) is 3.25. The summed E-state index contributed by atoms with van der Waals surface area (Å²) in [5.74, 6) is 1.10. The minimum absolute atomic E-state index is 0.540. The van der Waals surface area contributed by atoms with E-state index < -0.39 is 0 Å². The Bertz CT molecular complexity index is 771. The quantitative estimate of drug-likeness (QED) is 0.703. The third-order valence-corrected chi connectivity index (χ3v) is 4.19. The lowest BCUT2D eigenvalue weighted by Crippen LogP contribution is -1.90. The molecule has 0 radical (unpaired) electrons. The Morgan fingerprint density at radius 3 is 2.62 bits per heavy atom. The minimum atomic E-state index is 0.540. The van der Waals surface area contributed by atoms with Gasteiger partial charge < -0.3 is 10.3 Å². The molecule has 0 bridgehead atoms. The second-order valence-corrected chi connectivity index (χ2v) is 5.82. The van der Waals surface area contributed by atoms with Gasteiger partial charge in [0.05, 0.1) is 11.4 Å². The SMILES string of the molecule is Nc1ccc(Cc2nc(-c3ccc(Cl)c(Br)c3)no2)cc1. The highest BCUT2D eigenvalue weighted by molar-refractivity contribution is 9.10. The van der Waals surface area contributed by atoms with Crippen molar-refractivity contribution >= 4 is 33.2 Å². The zero-order valence-electron chi connectivity index (χ0n) is 10.9. The van der Waals surface area contributed by atoms with Crippen LogP contribution in [-0.4, -0.2) is 10.1 Å². The maximum absolute atomic E-state index is 5.97. The van der Waals surface area contributed by atoms with Crippen molar-refractivity contribution in [1.82, 2.24) is 10.1 Å². The maximum Gasteiger partial charge on any atom is 0.231 e. The lowest BCUT2D eigenvalue weighted by Gasteiger charge is -1.98. The van der Waals surface area contributed by atoms with Gasteiger partial charge >= 0.3 is 0 Å². The molecule has 1 aromatic heterocycles. The van der Waals surface area contributed by atoms with Crippen molar-refractivity contribution in [3.8, 4) is 11.4 Å². The smallest absolute Gasteiger partial charge is 0.231 e. The molecule has 0 aliphatic carbocycles. The predicted molar refractivity (Wildman–Crippen MR) is 86.1 cm³/mol. The highest BCUT2D eigenvalue weighted by Crippen LogP contribution is 2.27. The molecule has 21 heavy (non-hydrogen) atoms. The van der Waals surface area contributed by atoms with E-state index >= 15 is 0 Å². The molecule has 0 saturated heterocycles. The van der Waals surface area contributed by atoms with Crippen LogP contribution in [0.2, 0.25) is 5.02 Å². The molecule has 0 fully saturated rings. The van der Waals surface area contributed by atoms with Crippen LogP contribution in [0, 0.1) is 0 Å². The number of hydrogen-bond acceptors (Lipinski definition) is 4. The fourth-order valence-corrected chi connectivity index (χ4v) is 2.39. The number of anilines is 1. The molecule has 0 atom stereocenters. The Kier molecular flexibility index (Phi) is 3.94. The van der Waals surface area contributed by atoms with Crippen molar-refractivity contribution < 1.29 is 4.52 Å². The molecule has 3 rings (SSSR count). The highest BCUT2D eigenvalue weighted by Gasteiger charge is 2.10. The van der Waals surface area contributed by atoms with Crippen LogP contribution in [0.3, 0.4) is 0 Å². The summed E-state index contributed by atoms with van der Waals surface area (Å²) >= 11 is 9.35. The number of benzene rings is 2. The summed E-state index contributed by atoms with van der Waals surface area (Å²) in [6.07, 6.45) is 0.571. The highest BCUT2D eigenvalue weighted by atomic mass is 79.9. The molecule has 0 spiro atoms. The molecule has 0 amide bonds. The first-order valence-corrected chi connectivity index (χ1v) is 7.41. The average Bonchev–Trinajstić information content (AvgIpc) is 2.93. The summed E-state index contributed by atoms with van der Waals surface area (Å²) in [6, 6.07) is 13.1. The maximum atomic E-state index is 5.97. The second-order valence-electron chi connectivity index (χ2n) is 4.56. The van der Waals surface area contributed by atoms with Gasteiger partial charge in [0.2, 0.25) is 11.7 Å². The lowest BCUT2D eigenvalue weighted by molar-refractivity contribution is 0.385. The largest absolute Gasteiger partial charge is 0.399 e. The van der Waals surface area contributed by atoms with Crippen LogP contribution in [0.5, 0.6) is 0 Å². The molecule has 2 aromatic carbocycles. The molecule has 2 N–H and O–H groups in total. The summed E-state index contributed by atoms with van der Waals surface area (Å²) in [5.41, 5.74) is 8.30. The third-order valence-electron chi connectivity index (χ3n) is 2.98. The number of rotatable bonds is 3. The zero-order chi connectivity index (χ0) is 14.8. The molecule has 0 aliphatic rings. The van der Waals surface area contributed by atoms with E-state index in [2.05, 4.69) is 26.1 Å². The van der Waals surface area contributed by atoms with Gasteiger partial charge in [0.1, 0.15) is 0 Å². The first kappa shape index (κ1) is 14.1. The Labute approximate surface area is 135 Å². The van der Waals surface area contributed by atoms with E-state index in [-0.39, 0.29) is 0 Å². The monoisotopic (exact) mass is 363 g/mol. The molecule has 3 aromatic rings. The fraction of sp³-hybridized carbons (Fsp3) is 0.0667. The van der Waals surface area contributed by atoms with Crippen molar-refractivity contribution in [3.63, 3.8) is 0 Å². The van der Waals surface area contributed by atoms with Gasteiger partial charge in [-0.15, -0.1) is 0 Å². The van der Waals surface area contributed by atoms with Crippen molar-refractivity contribution in [3.05, 3.63) is 63.4 Å². The van der Waals surface area contributed by atoms with E-state index in [4.69, 9.17) is 21.9 Å². The van der Waals surface area contributed by atoms with E-state index in [1.54, 1.807) is 6.07 Å². The van der Waals surface area contributed by atoms with Crippen LogP contribution in [0.1, 0.15) is 11.5 Å². The van der Waals surface area contributed by atoms with Crippen LogP contribution in [-0.2, 0) is 6.42 Å². The van der Waals surface area contributed by atoms with E-state index in [0.717, 1.165) is 21.3 Å². The van der Waals surface area contributed by atoms with Crippen LogP contribution >= 0.6 is 27.5 Å². The molecule has 0 saturated carbocycles. The number of nitrogen functional groups attached to an aromatic ring is 1. The first-order chi connectivity index (χ1) is 10.1. The number of nitrogens with two attached hydrogens (primary N) is 1. The van der Waals surface area contributed by atoms with Gasteiger partial charge in [0.15, 0.2) is 0 Å². The van der Waals surface area contributed by atoms with Gasteiger partial charge in [-0.05, 0) is 51.8 Å². The topological polar surface area (TPSA) is 64.9 Å². The Hall–Kier alpha value is -1.85. The van der Waals surface area contributed by atoms with Crippen molar-refractivity contribution in [2.75, 3.05) is 5.73 Å². The Morgan fingerprint density at radius 1 is 1.14 bits per heavy atom. The summed E-state index contributed by atoms with van der Waals surface area (Å²) in [5, 5.41) is 4.64. The minimum Gasteiger partial charge on any atom is -0.399 e. The van der Waals surface area contributed by atoms with E-state index in [9.17, 15) is 0 Å². The molecule has 0 unspecified atom stereocenters. The summed E-state index contributed by atoms with van der Waals surface area (Å²) in [4.78, 5) is 4.40. The van der Waals surface area contributed by atoms with Crippen LogP contribution in [0.4, 0.5) is 5.69 Å². The molecular formula is C15H11BrClN3O. The van der Waals surface area contributed by atoms with Gasteiger partial charge in [-0.1, -0.05) is 28.9 Å². The van der Waals surface area contributed by atoms with Crippen LogP contribution < -0.4 is 5.73 Å². The Morgan fingerprint density at radius 2 is 1.90 bits per heavy atom. The number of hydrogen-bond donors (Lipinski definition) is 1. The fourth-order valence-electron chi connectivity index (χ4n) is 1.89. The lowest BCUT2D eigenvalue weighted by atomic mass is 10.1. The van der Waals surface area contributed by atoms with Gasteiger partial charge in [0, 0.05) is 15.7 Å². The molecule has 1 heterocycles. The number of halogens is 2. The van der Waals surface area contributed by atoms with E-state index in [1.807, 2.05) is 36.4 Å².